The largest absolute Gasteiger partial charge is 0.506 e. The quantitative estimate of drug-likeness (QED) is 0.783. The Kier molecular flexibility index (Phi) is 3.90. The fourth-order valence-electron chi connectivity index (χ4n) is 1.51. The molecule has 1 aromatic rings. The van der Waals surface area contributed by atoms with Gasteiger partial charge in [-0.1, -0.05) is 13.0 Å². The highest BCUT2D eigenvalue weighted by Gasteiger charge is 2.15. The van der Waals surface area contributed by atoms with Gasteiger partial charge >= 0.3 is 5.97 Å². The van der Waals surface area contributed by atoms with Crippen LogP contribution in [0.4, 0.5) is 0 Å². The van der Waals surface area contributed by atoms with Crippen LogP contribution in [0.25, 0.3) is 0 Å². The lowest BCUT2D eigenvalue weighted by molar-refractivity contribution is -0.139. The van der Waals surface area contributed by atoms with Gasteiger partial charge in [0.05, 0.1) is 19.1 Å². The number of phenols is 1. The van der Waals surface area contributed by atoms with Crippen molar-refractivity contribution in [1.29, 1.82) is 5.26 Å². The first kappa shape index (κ1) is 12.1. The van der Waals surface area contributed by atoms with Gasteiger partial charge in [0.1, 0.15) is 11.8 Å². The van der Waals surface area contributed by atoms with Crippen LogP contribution in [0.2, 0.25) is 0 Å². The minimum absolute atomic E-state index is 0.0129. The average Bonchev–Trinajstić information content (AvgIpc) is 2.31. The van der Waals surface area contributed by atoms with E-state index >= 15 is 0 Å². The van der Waals surface area contributed by atoms with Crippen molar-refractivity contribution < 1.29 is 14.6 Å². The Morgan fingerprint density at radius 1 is 1.56 bits per heavy atom. The van der Waals surface area contributed by atoms with Crippen LogP contribution in [0.15, 0.2) is 12.1 Å². The molecule has 1 N–H and O–H groups in total. The highest BCUT2D eigenvalue weighted by molar-refractivity contribution is 5.74. The molecule has 0 saturated carbocycles. The van der Waals surface area contributed by atoms with Crippen LogP contribution in [-0.4, -0.2) is 18.2 Å². The highest BCUT2D eigenvalue weighted by atomic mass is 16.5. The molecule has 0 saturated heterocycles. The summed E-state index contributed by atoms with van der Waals surface area (Å²) in [4.78, 5) is 11.2. The highest BCUT2D eigenvalue weighted by Crippen LogP contribution is 2.26. The number of carbonyl (C=O) groups excluding carboxylic acids is 1. The maximum atomic E-state index is 11.2. The first-order chi connectivity index (χ1) is 7.63. The molecule has 1 aromatic carbocycles. The summed E-state index contributed by atoms with van der Waals surface area (Å²) >= 11 is 0. The third-order valence-electron chi connectivity index (χ3n) is 2.43. The van der Waals surface area contributed by atoms with Crippen molar-refractivity contribution in [2.75, 3.05) is 7.11 Å². The van der Waals surface area contributed by atoms with E-state index in [0.29, 0.717) is 12.0 Å². The molecule has 0 fully saturated rings. The van der Waals surface area contributed by atoms with Crippen LogP contribution < -0.4 is 0 Å². The molecule has 0 unspecified atom stereocenters. The molecule has 1 rings (SSSR count). The normalized spacial score (nSPS) is 9.56. The van der Waals surface area contributed by atoms with Crippen molar-refractivity contribution >= 4 is 5.97 Å². The number of rotatable bonds is 3. The zero-order chi connectivity index (χ0) is 12.1. The summed E-state index contributed by atoms with van der Waals surface area (Å²) < 4.78 is 4.55. The van der Waals surface area contributed by atoms with Gasteiger partial charge in [0, 0.05) is 5.56 Å². The molecule has 0 atom stereocenters. The first-order valence-corrected chi connectivity index (χ1v) is 4.94. The predicted molar refractivity (Wildman–Crippen MR) is 57.9 cm³/mol. The second kappa shape index (κ2) is 5.17. The molecule has 0 heterocycles. The number of ether oxygens (including phenoxy) is 1. The monoisotopic (exact) mass is 219 g/mol. The first-order valence-electron chi connectivity index (χ1n) is 4.94. The van der Waals surface area contributed by atoms with Gasteiger partial charge in [0.25, 0.3) is 0 Å². The summed E-state index contributed by atoms with van der Waals surface area (Å²) in [6, 6.07) is 5.17. The summed E-state index contributed by atoms with van der Waals surface area (Å²) in [5, 5.41) is 18.6. The second-order valence-corrected chi connectivity index (χ2v) is 3.32. The van der Waals surface area contributed by atoms with Gasteiger partial charge in [0.15, 0.2) is 0 Å². The van der Waals surface area contributed by atoms with E-state index in [-0.39, 0.29) is 17.7 Å². The van der Waals surface area contributed by atoms with Crippen molar-refractivity contribution in [2.45, 2.75) is 19.8 Å². The number of methoxy groups -OCH3 is 1. The molecule has 84 valence electrons. The molecule has 0 aliphatic heterocycles. The number of nitrogens with zero attached hydrogens (tertiary/aromatic N) is 1. The SMILES string of the molecule is CCc1ccc(C#N)c(O)c1CC(=O)OC. The van der Waals surface area contributed by atoms with Gasteiger partial charge in [-0.3, -0.25) is 4.79 Å². The van der Waals surface area contributed by atoms with Crippen molar-refractivity contribution in [3.05, 3.63) is 28.8 Å². The number of hydrogen-bond donors (Lipinski definition) is 1. The van der Waals surface area contributed by atoms with Crippen molar-refractivity contribution in [1.82, 2.24) is 0 Å². The van der Waals surface area contributed by atoms with E-state index < -0.39 is 5.97 Å². The molecular weight excluding hydrogens is 206 g/mol. The Morgan fingerprint density at radius 2 is 2.25 bits per heavy atom. The summed E-state index contributed by atoms with van der Waals surface area (Å²) in [6.45, 7) is 1.92. The molecule has 0 aliphatic carbocycles. The molecule has 0 spiro atoms. The lowest BCUT2D eigenvalue weighted by atomic mass is 9.98. The van der Waals surface area contributed by atoms with Gasteiger partial charge < -0.3 is 9.84 Å². The van der Waals surface area contributed by atoms with E-state index in [9.17, 15) is 9.90 Å². The number of aryl methyl sites for hydroxylation is 1. The van der Waals surface area contributed by atoms with Crippen molar-refractivity contribution in [2.24, 2.45) is 0 Å². The van der Waals surface area contributed by atoms with Gasteiger partial charge in [-0.25, -0.2) is 0 Å². The van der Waals surface area contributed by atoms with E-state index in [2.05, 4.69) is 4.74 Å². The minimum atomic E-state index is -0.430. The smallest absolute Gasteiger partial charge is 0.310 e. The third kappa shape index (κ3) is 2.31. The number of esters is 1. The van der Waals surface area contributed by atoms with E-state index in [1.54, 1.807) is 12.1 Å². The maximum Gasteiger partial charge on any atom is 0.310 e. The van der Waals surface area contributed by atoms with Crippen LogP contribution >= 0.6 is 0 Å². The Labute approximate surface area is 94.1 Å². The van der Waals surface area contributed by atoms with Crippen LogP contribution in [0.3, 0.4) is 0 Å². The number of phenolic OH excluding ortho intramolecular Hbond substituents is 1. The molecule has 4 heteroatoms. The minimum Gasteiger partial charge on any atom is -0.506 e. The van der Waals surface area contributed by atoms with Gasteiger partial charge in [0.2, 0.25) is 0 Å². The summed E-state index contributed by atoms with van der Waals surface area (Å²) in [6.07, 6.45) is 0.673. The summed E-state index contributed by atoms with van der Waals surface area (Å²) in [7, 11) is 1.29. The number of hydrogen-bond acceptors (Lipinski definition) is 4. The van der Waals surface area contributed by atoms with Gasteiger partial charge in [-0.2, -0.15) is 5.26 Å². The number of carbonyl (C=O) groups is 1. The molecule has 0 aliphatic rings. The average molecular weight is 219 g/mol. The lowest BCUT2D eigenvalue weighted by Gasteiger charge is -2.10. The maximum absolute atomic E-state index is 11.2. The van der Waals surface area contributed by atoms with E-state index in [4.69, 9.17) is 5.26 Å². The van der Waals surface area contributed by atoms with E-state index in [1.165, 1.54) is 7.11 Å². The molecule has 16 heavy (non-hydrogen) atoms. The Morgan fingerprint density at radius 3 is 2.75 bits per heavy atom. The third-order valence-corrected chi connectivity index (χ3v) is 2.43. The van der Waals surface area contributed by atoms with Crippen LogP contribution in [-0.2, 0) is 22.4 Å². The zero-order valence-corrected chi connectivity index (χ0v) is 9.28. The van der Waals surface area contributed by atoms with Crippen LogP contribution in [0.5, 0.6) is 5.75 Å². The van der Waals surface area contributed by atoms with Crippen LogP contribution in [0, 0.1) is 11.3 Å². The van der Waals surface area contributed by atoms with Gasteiger partial charge in [-0.15, -0.1) is 0 Å². The Hall–Kier alpha value is -2.02. The molecular formula is C12H13NO3. The second-order valence-electron chi connectivity index (χ2n) is 3.32. The van der Waals surface area contributed by atoms with Crippen LogP contribution in [0.1, 0.15) is 23.6 Å². The molecule has 0 amide bonds. The number of nitriles is 1. The molecule has 0 bridgehead atoms. The van der Waals surface area contributed by atoms with E-state index in [1.807, 2.05) is 13.0 Å². The zero-order valence-electron chi connectivity index (χ0n) is 9.28. The Balaban J connectivity index is 3.22. The van der Waals surface area contributed by atoms with Crippen molar-refractivity contribution in [3.8, 4) is 11.8 Å². The summed E-state index contributed by atoms with van der Waals surface area (Å²) in [5.74, 6) is -0.549. The molecule has 0 aromatic heterocycles. The summed E-state index contributed by atoms with van der Waals surface area (Å²) in [5.41, 5.74) is 1.51. The topological polar surface area (TPSA) is 70.3 Å². The Bertz CT molecular complexity index is 446. The van der Waals surface area contributed by atoms with Crippen molar-refractivity contribution in [3.63, 3.8) is 0 Å². The van der Waals surface area contributed by atoms with E-state index in [0.717, 1.165) is 5.56 Å². The molecule has 4 nitrogen and oxygen atoms in total. The fraction of sp³-hybridized carbons (Fsp3) is 0.333. The number of benzene rings is 1. The van der Waals surface area contributed by atoms with Gasteiger partial charge in [-0.05, 0) is 18.1 Å². The standard InChI is InChI=1S/C12H13NO3/c1-3-8-4-5-9(7-13)12(15)10(8)6-11(14)16-2/h4-5,15H,3,6H2,1-2H3. The fourth-order valence-corrected chi connectivity index (χ4v) is 1.51. The number of aromatic hydroxyl groups is 1. The lowest BCUT2D eigenvalue weighted by Crippen LogP contribution is -2.07. The predicted octanol–water partition coefficient (Wildman–Crippen LogP) is 1.54. The molecule has 0 radical (unpaired) electrons.